The third-order valence-corrected chi connectivity index (χ3v) is 4.08. The fourth-order valence-corrected chi connectivity index (χ4v) is 2.91. The molecule has 20 heavy (non-hydrogen) atoms. The zero-order chi connectivity index (χ0) is 14.7. The molecule has 0 aromatic heterocycles. The molecule has 0 unspecified atom stereocenters. The van der Waals surface area contributed by atoms with E-state index in [1.165, 1.54) is 12.0 Å². The smallest absolute Gasteiger partial charge is 0.326 e. The predicted octanol–water partition coefficient (Wildman–Crippen LogP) is 0.540. The second-order valence-electron chi connectivity index (χ2n) is 5.26. The molecule has 0 bridgehead atoms. The fraction of sp³-hybridized carbons (Fsp3) is 0.769. The monoisotopic (exact) mass is 284 g/mol. The number of carbonyl (C=O) groups is 3. The summed E-state index contributed by atoms with van der Waals surface area (Å²) >= 11 is 0. The molecule has 2 fully saturated rings. The number of aliphatic carboxylic acids is 1. The molecule has 0 radical (unpaired) electrons. The van der Waals surface area contributed by atoms with E-state index < -0.39 is 12.0 Å². The van der Waals surface area contributed by atoms with E-state index in [1.54, 1.807) is 4.90 Å². The van der Waals surface area contributed by atoms with Crippen LogP contribution in [-0.2, 0) is 14.3 Å². The van der Waals surface area contributed by atoms with Crippen molar-refractivity contribution in [3.63, 3.8) is 0 Å². The third-order valence-electron chi connectivity index (χ3n) is 4.08. The molecule has 2 aliphatic heterocycles. The van der Waals surface area contributed by atoms with Crippen molar-refractivity contribution < 1.29 is 24.2 Å². The number of carboxylic acid groups (broad SMARTS) is 1. The maximum atomic E-state index is 12.3. The number of likely N-dealkylation sites (tertiary alicyclic amines) is 2. The summed E-state index contributed by atoms with van der Waals surface area (Å²) in [4.78, 5) is 37.9. The highest BCUT2D eigenvalue weighted by Gasteiger charge is 2.37. The molecule has 0 aromatic carbocycles. The van der Waals surface area contributed by atoms with Crippen LogP contribution in [0.3, 0.4) is 0 Å². The number of ether oxygens (including phenoxy) is 1. The number of carbonyl (C=O) groups excluding carboxylic acids is 2. The molecule has 1 atom stereocenters. The van der Waals surface area contributed by atoms with Gasteiger partial charge in [0.05, 0.1) is 13.0 Å². The lowest BCUT2D eigenvalue weighted by atomic mass is 9.97. The van der Waals surface area contributed by atoms with Crippen molar-refractivity contribution >= 4 is 18.0 Å². The van der Waals surface area contributed by atoms with Crippen molar-refractivity contribution in [1.29, 1.82) is 0 Å². The summed E-state index contributed by atoms with van der Waals surface area (Å²) in [5.41, 5.74) is 0. The second kappa shape index (κ2) is 6.11. The van der Waals surface area contributed by atoms with Gasteiger partial charge in [-0.25, -0.2) is 9.59 Å². The number of carboxylic acids is 1. The quantitative estimate of drug-likeness (QED) is 0.748. The predicted molar refractivity (Wildman–Crippen MR) is 69.1 cm³/mol. The van der Waals surface area contributed by atoms with Gasteiger partial charge >= 0.3 is 18.0 Å². The molecular weight excluding hydrogens is 264 g/mol. The van der Waals surface area contributed by atoms with Gasteiger partial charge in [-0.1, -0.05) is 0 Å². The number of urea groups is 1. The van der Waals surface area contributed by atoms with Crippen LogP contribution >= 0.6 is 0 Å². The number of hydrogen-bond acceptors (Lipinski definition) is 4. The molecule has 2 rings (SSSR count). The van der Waals surface area contributed by atoms with Gasteiger partial charge < -0.3 is 19.6 Å². The van der Waals surface area contributed by atoms with Gasteiger partial charge in [0.2, 0.25) is 0 Å². The molecule has 7 nitrogen and oxygen atoms in total. The summed E-state index contributed by atoms with van der Waals surface area (Å²) in [6.07, 6.45) is 2.38. The molecule has 0 saturated carbocycles. The minimum atomic E-state index is -0.944. The average Bonchev–Trinajstić information content (AvgIpc) is 2.95. The molecule has 112 valence electrons. The minimum Gasteiger partial charge on any atom is -0.480 e. The first kappa shape index (κ1) is 14.6. The van der Waals surface area contributed by atoms with E-state index in [0.717, 1.165) is 6.42 Å². The van der Waals surface area contributed by atoms with Crippen LogP contribution in [-0.4, -0.2) is 65.7 Å². The van der Waals surface area contributed by atoms with Gasteiger partial charge in [-0.05, 0) is 25.7 Å². The number of rotatable bonds is 2. The maximum Gasteiger partial charge on any atom is 0.326 e. The Labute approximate surface area is 117 Å². The Morgan fingerprint density at radius 1 is 1.10 bits per heavy atom. The van der Waals surface area contributed by atoms with E-state index in [2.05, 4.69) is 0 Å². The number of hydrogen-bond donors (Lipinski definition) is 1. The van der Waals surface area contributed by atoms with Crippen LogP contribution in [0.2, 0.25) is 0 Å². The van der Waals surface area contributed by atoms with Crippen molar-refractivity contribution in [1.82, 2.24) is 9.80 Å². The number of esters is 1. The van der Waals surface area contributed by atoms with Gasteiger partial charge in [0.1, 0.15) is 6.04 Å². The second-order valence-corrected chi connectivity index (χ2v) is 5.26. The molecule has 0 aliphatic carbocycles. The summed E-state index contributed by atoms with van der Waals surface area (Å²) < 4.78 is 4.70. The zero-order valence-corrected chi connectivity index (χ0v) is 11.6. The lowest BCUT2D eigenvalue weighted by Crippen LogP contribution is -2.50. The van der Waals surface area contributed by atoms with Crippen LogP contribution in [0.1, 0.15) is 25.7 Å². The van der Waals surface area contributed by atoms with Crippen molar-refractivity contribution in [3.8, 4) is 0 Å². The summed E-state index contributed by atoms with van der Waals surface area (Å²) in [5.74, 6) is -1.33. The summed E-state index contributed by atoms with van der Waals surface area (Å²) in [7, 11) is 1.36. The van der Waals surface area contributed by atoms with Crippen LogP contribution in [0.15, 0.2) is 0 Å². The van der Waals surface area contributed by atoms with Gasteiger partial charge in [-0.3, -0.25) is 4.79 Å². The van der Waals surface area contributed by atoms with Gasteiger partial charge in [0, 0.05) is 19.6 Å². The molecule has 7 heteroatoms. The fourth-order valence-electron chi connectivity index (χ4n) is 2.91. The summed E-state index contributed by atoms with van der Waals surface area (Å²) in [5, 5.41) is 9.10. The zero-order valence-electron chi connectivity index (χ0n) is 11.6. The van der Waals surface area contributed by atoms with Crippen molar-refractivity contribution in [2.45, 2.75) is 31.7 Å². The van der Waals surface area contributed by atoms with E-state index in [4.69, 9.17) is 9.84 Å². The van der Waals surface area contributed by atoms with Gasteiger partial charge in [0.15, 0.2) is 0 Å². The van der Waals surface area contributed by atoms with Crippen LogP contribution < -0.4 is 0 Å². The number of amides is 2. The molecule has 0 spiro atoms. The number of piperidine rings is 1. The van der Waals surface area contributed by atoms with E-state index in [9.17, 15) is 14.4 Å². The van der Waals surface area contributed by atoms with Crippen molar-refractivity contribution in [3.05, 3.63) is 0 Å². The largest absolute Gasteiger partial charge is 0.480 e. The Balaban J connectivity index is 1.91. The number of methoxy groups -OCH3 is 1. The van der Waals surface area contributed by atoms with Crippen LogP contribution in [0.5, 0.6) is 0 Å². The Kier molecular flexibility index (Phi) is 4.46. The third kappa shape index (κ3) is 2.86. The Morgan fingerprint density at radius 2 is 1.75 bits per heavy atom. The summed E-state index contributed by atoms with van der Waals surface area (Å²) in [6.45, 7) is 1.44. The molecular formula is C13H20N2O5. The maximum absolute atomic E-state index is 12.3. The first-order valence-electron chi connectivity index (χ1n) is 6.90. The highest BCUT2D eigenvalue weighted by atomic mass is 16.5. The molecule has 2 heterocycles. The first-order valence-corrected chi connectivity index (χ1v) is 6.90. The van der Waals surface area contributed by atoms with Crippen molar-refractivity contribution in [2.75, 3.05) is 26.7 Å². The lowest BCUT2D eigenvalue weighted by Gasteiger charge is -2.34. The van der Waals surface area contributed by atoms with Gasteiger partial charge in [-0.2, -0.15) is 0 Å². The van der Waals surface area contributed by atoms with Crippen LogP contribution in [0.25, 0.3) is 0 Å². The highest BCUT2D eigenvalue weighted by molar-refractivity contribution is 5.83. The lowest BCUT2D eigenvalue weighted by molar-refractivity contribution is -0.146. The van der Waals surface area contributed by atoms with E-state index in [-0.39, 0.29) is 17.9 Å². The molecule has 2 aliphatic rings. The normalized spacial score (nSPS) is 23.8. The first-order chi connectivity index (χ1) is 9.54. The van der Waals surface area contributed by atoms with E-state index in [0.29, 0.717) is 38.9 Å². The van der Waals surface area contributed by atoms with E-state index in [1.807, 2.05) is 0 Å². The standard InChI is InChI=1S/C13H20N2O5/c1-20-12(18)9-4-7-14(8-5-9)13(19)15-6-2-3-10(15)11(16)17/h9-10H,2-8H2,1H3,(H,16,17)/t10-/m1/s1. The highest BCUT2D eigenvalue weighted by Crippen LogP contribution is 2.23. The molecule has 0 aromatic rings. The molecule has 2 amide bonds. The van der Waals surface area contributed by atoms with Gasteiger partial charge in [0.25, 0.3) is 0 Å². The Morgan fingerprint density at radius 3 is 2.30 bits per heavy atom. The Bertz CT molecular complexity index is 404. The van der Waals surface area contributed by atoms with Crippen LogP contribution in [0, 0.1) is 5.92 Å². The van der Waals surface area contributed by atoms with E-state index >= 15 is 0 Å². The molecule has 1 N–H and O–H groups in total. The minimum absolute atomic E-state index is 0.155. The van der Waals surface area contributed by atoms with Crippen LogP contribution in [0.4, 0.5) is 4.79 Å². The average molecular weight is 284 g/mol. The topological polar surface area (TPSA) is 87.2 Å². The number of nitrogens with zero attached hydrogens (tertiary/aromatic N) is 2. The molecule has 2 saturated heterocycles. The summed E-state index contributed by atoms with van der Waals surface area (Å²) in [6, 6.07) is -0.931. The van der Waals surface area contributed by atoms with Crippen molar-refractivity contribution in [2.24, 2.45) is 5.92 Å². The Hall–Kier alpha value is -1.79. The van der Waals surface area contributed by atoms with Gasteiger partial charge in [-0.15, -0.1) is 0 Å². The SMILES string of the molecule is COC(=O)C1CCN(C(=O)N2CCC[C@@H]2C(=O)O)CC1.